The fourth-order valence-electron chi connectivity index (χ4n) is 1.65. The highest BCUT2D eigenvalue weighted by Crippen LogP contribution is 2.57. The van der Waals surface area contributed by atoms with E-state index in [9.17, 15) is 0 Å². The van der Waals surface area contributed by atoms with Gasteiger partial charge in [0, 0.05) is 0 Å². The Kier molecular flexibility index (Phi) is 0.495. The Bertz CT molecular complexity index is 106. The van der Waals surface area contributed by atoms with E-state index in [4.69, 9.17) is 0 Å². The zero-order valence-electron chi connectivity index (χ0n) is 4.65. The number of rotatable bonds is 0. The van der Waals surface area contributed by atoms with Gasteiger partial charge in [0.1, 0.15) is 0 Å². The molecule has 3 aliphatic carbocycles. The molecule has 0 aliphatic heterocycles. The Balaban J connectivity index is 2.19. The molecule has 0 unspecified atom stereocenters. The lowest BCUT2D eigenvalue weighted by Crippen LogP contribution is -2.41. The van der Waals surface area contributed by atoms with Crippen molar-refractivity contribution in [1.82, 2.24) is 0 Å². The fraction of sp³-hybridized carbons (Fsp3) is 0.714. The molecule has 0 N–H and O–H groups in total. The van der Waals surface area contributed by atoms with Crippen molar-refractivity contribution < 1.29 is 0 Å². The molecule has 2 bridgehead atoms. The summed E-state index contributed by atoms with van der Waals surface area (Å²) in [5.74, 6) is 2.10. The maximum atomic E-state index is 2.29. The molecule has 0 nitrogen and oxygen atoms in total. The minimum atomic E-state index is 1.05. The summed E-state index contributed by atoms with van der Waals surface area (Å²) in [7, 11) is 0. The van der Waals surface area contributed by atoms with Crippen LogP contribution in [0.5, 0.6) is 0 Å². The Hall–Kier alpha value is -0.260. The molecule has 0 saturated heterocycles. The average molecular weight is 94.2 g/mol. The predicted molar refractivity (Wildman–Crippen MR) is 30.0 cm³/mol. The summed E-state index contributed by atoms with van der Waals surface area (Å²) in [4.78, 5) is 0. The first kappa shape index (κ1) is 3.71. The quantitative estimate of drug-likeness (QED) is 0.402. The van der Waals surface area contributed by atoms with Crippen molar-refractivity contribution in [2.45, 2.75) is 19.8 Å². The van der Waals surface area contributed by atoms with E-state index in [0.717, 1.165) is 11.8 Å². The van der Waals surface area contributed by atoms with Crippen LogP contribution in [0.2, 0.25) is 0 Å². The zero-order valence-corrected chi connectivity index (χ0v) is 4.65. The largest absolute Gasteiger partial charge is 0.0879 e. The lowest BCUT2D eigenvalue weighted by molar-refractivity contribution is 0.129. The van der Waals surface area contributed by atoms with Gasteiger partial charge in [-0.3, -0.25) is 0 Å². The molecule has 0 heterocycles. The van der Waals surface area contributed by atoms with Crippen LogP contribution in [-0.2, 0) is 0 Å². The van der Waals surface area contributed by atoms with Crippen molar-refractivity contribution >= 4 is 0 Å². The van der Waals surface area contributed by atoms with Crippen molar-refractivity contribution in [2.24, 2.45) is 11.8 Å². The molecule has 0 radical (unpaired) electrons. The summed E-state index contributed by atoms with van der Waals surface area (Å²) < 4.78 is 0. The number of hydrogen-bond acceptors (Lipinski definition) is 0. The van der Waals surface area contributed by atoms with E-state index in [1.165, 1.54) is 12.8 Å². The fourth-order valence-corrected chi connectivity index (χ4v) is 1.65. The third-order valence-electron chi connectivity index (χ3n) is 2.41. The van der Waals surface area contributed by atoms with Crippen molar-refractivity contribution in [3.8, 4) is 0 Å². The van der Waals surface area contributed by atoms with Crippen LogP contribution in [0.15, 0.2) is 11.6 Å². The van der Waals surface area contributed by atoms with Crippen LogP contribution in [-0.4, -0.2) is 0 Å². The highest BCUT2D eigenvalue weighted by Gasteiger charge is 2.46. The molecule has 7 heavy (non-hydrogen) atoms. The van der Waals surface area contributed by atoms with Gasteiger partial charge in [-0.1, -0.05) is 11.6 Å². The Labute approximate surface area is 44.2 Å². The van der Waals surface area contributed by atoms with Crippen molar-refractivity contribution in [2.75, 3.05) is 0 Å². The minimum absolute atomic E-state index is 1.05. The zero-order chi connectivity index (χ0) is 4.85. The monoisotopic (exact) mass is 94.1 g/mol. The molecule has 3 fully saturated rings. The summed E-state index contributed by atoms with van der Waals surface area (Å²) in [6.07, 6.45) is 5.32. The molecule has 0 atom stereocenters. The molecular weight excluding hydrogens is 84.1 g/mol. The summed E-state index contributed by atoms with van der Waals surface area (Å²) in [6.45, 7) is 2.16. The van der Waals surface area contributed by atoms with E-state index in [1.807, 2.05) is 0 Å². The summed E-state index contributed by atoms with van der Waals surface area (Å²) >= 11 is 0. The van der Waals surface area contributed by atoms with Gasteiger partial charge in [0.25, 0.3) is 0 Å². The van der Waals surface area contributed by atoms with E-state index in [1.54, 1.807) is 5.57 Å². The Morgan fingerprint density at radius 3 is 2.00 bits per heavy atom. The van der Waals surface area contributed by atoms with Crippen LogP contribution in [0.4, 0.5) is 0 Å². The molecule has 0 aromatic heterocycles. The number of allylic oxidation sites excluding steroid dienone is 2. The maximum absolute atomic E-state index is 2.29. The van der Waals surface area contributed by atoms with Gasteiger partial charge in [0.15, 0.2) is 0 Å². The number of hydrogen-bond donors (Lipinski definition) is 0. The molecule has 3 aliphatic rings. The van der Waals surface area contributed by atoms with E-state index in [2.05, 4.69) is 13.0 Å². The van der Waals surface area contributed by atoms with E-state index < -0.39 is 0 Å². The van der Waals surface area contributed by atoms with Gasteiger partial charge in [-0.25, -0.2) is 0 Å². The van der Waals surface area contributed by atoms with Gasteiger partial charge in [0.05, 0.1) is 0 Å². The van der Waals surface area contributed by atoms with Crippen molar-refractivity contribution in [3.63, 3.8) is 0 Å². The minimum Gasteiger partial charge on any atom is -0.0879 e. The average Bonchev–Trinajstić information content (AvgIpc) is 1.24. The van der Waals surface area contributed by atoms with Gasteiger partial charge in [-0.15, -0.1) is 0 Å². The SMILES string of the molecule is CC=C1C2CC1C2. The molecule has 0 aromatic carbocycles. The lowest BCUT2D eigenvalue weighted by Gasteiger charge is -2.53. The van der Waals surface area contributed by atoms with Crippen LogP contribution < -0.4 is 0 Å². The highest BCUT2D eigenvalue weighted by molar-refractivity contribution is 5.29. The van der Waals surface area contributed by atoms with Gasteiger partial charge in [0.2, 0.25) is 0 Å². The summed E-state index contributed by atoms with van der Waals surface area (Å²) in [5.41, 5.74) is 1.75. The van der Waals surface area contributed by atoms with E-state index in [0.29, 0.717) is 0 Å². The standard InChI is InChI=1S/C7H10/c1-2-7-5-3-6(7)4-5/h2,5-6H,3-4H2,1H3. The maximum Gasteiger partial charge on any atom is -0.0189 e. The summed E-state index contributed by atoms with van der Waals surface area (Å²) in [6, 6.07) is 0. The van der Waals surface area contributed by atoms with Crippen molar-refractivity contribution in [3.05, 3.63) is 11.6 Å². The van der Waals surface area contributed by atoms with Crippen LogP contribution in [0.25, 0.3) is 0 Å². The van der Waals surface area contributed by atoms with E-state index in [-0.39, 0.29) is 0 Å². The molecule has 38 valence electrons. The molecular formula is C7H10. The predicted octanol–water partition coefficient (Wildman–Crippen LogP) is 1.97. The third-order valence-corrected chi connectivity index (χ3v) is 2.41. The van der Waals surface area contributed by atoms with Gasteiger partial charge in [-0.05, 0) is 31.6 Å². The third kappa shape index (κ3) is 0.255. The topological polar surface area (TPSA) is 0 Å². The second kappa shape index (κ2) is 0.936. The van der Waals surface area contributed by atoms with Crippen molar-refractivity contribution in [1.29, 1.82) is 0 Å². The second-order valence-corrected chi connectivity index (χ2v) is 2.65. The van der Waals surface area contributed by atoms with Crippen LogP contribution >= 0.6 is 0 Å². The van der Waals surface area contributed by atoms with E-state index >= 15 is 0 Å². The summed E-state index contributed by atoms with van der Waals surface area (Å²) in [5, 5.41) is 0. The van der Waals surface area contributed by atoms with Crippen LogP contribution in [0, 0.1) is 11.8 Å². The molecule has 0 heteroatoms. The first-order chi connectivity index (χ1) is 3.42. The lowest BCUT2D eigenvalue weighted by atomic mass is 9.52. The first-order valence-corrected chi connectivity index (χ1v) is 3.08. The molecule has 3 saturated carbocycles. The Morgan fingerprint density at radius 1 is 1.43 bits per heavy atom. The van der Waals surface area contributed by atoms with Crippen LogP contribution in [0.1, 0.15) is 19.8 Å². The molecule has 0 amide bonds. The van der Waals surface area contributed by atoms with Gasteiger partial charge in [-0.2, -0.15) is 0 Å². The Morgan fingerprint density at radius 2 is 2.00 bits per heavy atom. The first-order valence-electron chi connectivity index (χ1n) is 3.08. The normalized spacial score (nSPS) is 44.4. The van der Waals surface area contributed by atoms with Crippen LogP contribution in [0.3, 0.4) is 0 Å². The molecule has 0 aromatic rings. The molecule has 0 spiro atoms. The smallest absolute Gasteiger partial charge is 0.0189 e. The van der Waals surface area contributed by atoms with Gasteiger partial charge >= 0.3 is 0 Å². The van der Waals surface area contributed by atoms with Gasteiger partial charge < -0.3 is 0 Å². The molecule has 3 rings (SSSR count). The highest BCUT2D eigenvalue weighted by atomic mass is 14.5. The second-order valence-electron chi connectivity index (χ2n) is 2.65.